The maximum absolute atomic E-state index is 6.48. The lowest BCUT2D eigenvalue weighted by atomic mass is 9.96. The minimum absolute atomic E-state index is 0.0365. The van der Waals surface area contributed by atoms with E-state index in [2.05, 4.69) is 45.7 Å². The Hall–Kier alpha value is -2.57. The molecule has 0 bridgehead atoms. The number of hydrogen-bond acceptors (Lipinski definition) is 3. The van der Waals surface area contributed by atoms with Crippen LogP contribution < -0.4 is 15.0 Å². The molecule has 2 aliphatic rings. The average Bonchev–Trinajstić information content (AvgIpc) is 3.47. The number of nitrogens with zero attached hydrogens (tertiary/aromatic N) is 3. The quantitative estimate of drug-likeness (QED) is 0.505. The number of hydrogen-bond donors (Lipinski definition) is 1. The van der Waals surface area contributed by atoms with Crippen molar-refractivity contribution in [2.24, 2.45) is 0 Å². The molecule has 0 amide bonds. The van der Waals surface area contributed by atoms with Gasteiger partial charge in [0, 0.05) is 29.3 Å². The first-order valence-electron chi connectivity index (χ1n) is 10.5. The van der Waals surface area contributed by atoms with E-state index in [9.17, 15) is 0 Å². The van der Waals surface area contributed by atoms with Gasteiger partial charge in [0.1, 0.15) is 5.75 Å². The number of aryl methyl sites for hydroxylation is 1. The molecule has 0 unspecified atom stereocenters. The zero-order chi connectivity index (χ0) is 21.7. The Morgan fingerprint density at radius 2 is 1.97 bits per heavy atom. The standard InChI is InChI=1S/C24H25ClN4OS/c1-14-12-18(15(2)28(14)16-7-8-16)23-22(20-6-4-5-11-26-20)27-24(31)29(23)17-9-10-21(30-3)19(25)13-17/h4-6,9-13,16,22-23H,7-8H2,1-3H3,(H,27,31)/t22-,23+/m1/s1. The summed E-state index contributed by atoms with van der Waals surface area (Å²) in [5.74, 6) is 0.647. The van der Waals surface area contributed by atoms with E-state index in [1.54, 1.807) is 7.11 Å². The number of aromatic nitrogens is 2. The lowest BCUT2D eigenvalue weighted by molar-refractivity contribution is 0.415. The molecule has 2 aromatic heterocycles. The Balaban J connectivity index is 1.65. The second kappa shape index (κ2) is 7.84. The van der Waals surface area contributed by atoms with Crippen LogP contribution in [-0.2, 0) is 0 Å². The number of halogens is 1. The molecule has 1 aromatic carbocycles. The molecule has 31 heavy (non-hydrogen) atoms. The predicted molar refractivity (Wildman–Crippen MR) is 128 cm³/mol. The van der Waals surface area contributed by atoms with Crippen LogP contribution in [0.2, 0.25) is 5.02 Å². The van der Waals surface area contributed by atoms with Gasteiger partial charge in [0.25, 0.3) is 0 Å². The van der Waals surface area contributed by atoms with Crippen LogP contribution in [0.15, 0.2) is 48.7 Å². The monoisotopic (exact) mass is 452 g/mol. The van der Waals surface area contributed by atoms with Crippen molar-refractivity contribution in [1.82, 2.24) is 14.9 Å². The fraction of sp³-hybridized carbons (Fsp3) is 0.333. The minimum atomic E-state index is -0.0669. The van der Waals surface area contributed by atoms with Gasteiger partial charge in [0.15, 0.2) is 5.11 Å². The van der Waals surface area contributed by atoms with Crippen LogP contribution in [0, 0.1) is 13.8 Å². The van der Waals surface area contributed by atoms with Gasteiger partial charge in [-0.3, -0.25) is 4.98 Å². The smallest absolute Gasteiger partial charge is 0.174 e. The minimum Gasteiger partial charge on any atom is -0.495 e. The molecule has 1 saturated heterocycles. The summed E-state index contributed by atoms with van der Waals surface area (Å²) in [6.07, 6.45) is 4.33. The third kappa shape index (κ3) is 3.48. The van der Waals surface area contributed by atoms with Crippen molar-refractivity contribution < 1.29 is 4.74 Å². The highest BCUT2D eigenvalue weighted by atomic mass is 35.5. The summed E-state index contributed by atoms with van der Waals surface area (Å²) in [6, 6.07) is 14.6. The molecule has 2 fully saturated rings. The van der Waals surface area contributed by atoms with Crippen LogP contribution in [0.1, 0.15) is 53.6 Å². The van der Waals surface area contributed by atoms with Gasteiger partial charge >= 0.3 is 0 Å². The van der Waals surface area contributed by atoms with Crippen LogP contribution in [-0.4, -0.2) is 21.8 Å². The van der Waals surface area contributed by atoms with Gasteiger partial charge in [0.2, 0.25) is 0 Å². The lowest BCUT2D eigenvalue weighted by Gasteiger charge is -2.28. The molecule has 3 aromatic rings. The number of pyridine rings is 1. The van der Waals surface area contributed by atoms with Crippen LogP contribution in [0.3, 0.4) is 0 Å². The van der Waals surface area contributed by atoms with Crippen molar-refractivity contribution in [1.29, 1.82) is 0 Å². The van der Waals surface area contributed by atoms with Crippen LogP contribution >= 0.6 is 23.8 Å². The summed E-state index contributed by atoms with van der Waals surface area (Å²) >= 11 is 12.3. The Bertz CT molecular complexity index is 1140. The Morgan fingerprint density at radius 1 is 1.16 bits per heavy atom. The van der Waals surface area contributed by atoms with Gasteiger partial charge in [-0.15, -0.1) is 0 Å². The third-order valence-corrected chi connectivity index (χ3v) is 6.88. The second-order valence-electron chi connectivity index (χ2n) is 8.24. The molecular weight excluding hydrogens is 428 g/mol. The van der Waals surface area contributed by atoms with Crippen molar-refractivity contribution in [2.45, 2.75) is 44.8 Å². The van der Waals surface area contributed by atoms with Gasteiger partial charge in [-0.2, -0.15) is 0 Å². The van der Waals surface area contributed by atoms with E-state index in [0.29, 0.717) is 21.9 Å². The SMILES string of the molecule is COc1ccc(N2C(=S)N[C@H](c3ccccn3)[C@@H]2c2cc(C)n(C3CC3)c2C)cc1Cl. The molecule has 160 valence electrons. The summed E-state index contributed by atoms with van der Waals surface area (Å²) in [5.41, 5.74) is 5.75. The van der Waals surface area contributed by atoms with E-state index in [-0.39, 0.29) is 12.1 Å². The van der Waals surface area contributed by atoms with Crippen LogP contribution in [0.5, 0.6) is 5.75 Å². The molecule has 7 heteroatoms. The van der Waals surface area contributed by atoms with Crippen molar-refractivity contribution in [3.63, 3.8) is 0 Å². The number of ether oxygens (including phenoxy) is 1. The molecule has 1 aliphatic carbocycles. The number of methoxy groups -OCH3 is 1. The Kier molecular flexibility index (Phi) is 5.15. The first-order valence-corrected chi connectivity index (χ1v) is 11.3. The summed E-state index contributed by atoms with van der Waals surface area (Å²) in [4.78, 5) is 6.81. The summed E-state index contributed by atoms with van der Waals surface area (Å²) in [7, 11) is 1.62. The van der Waals surface area contributed by atoms with Gasteiger partial charge in [-0.05, 0) is 80.9 Å². The van der Waals surface area contributed by atoms with E-state index >= 15 is 0 Å². The lowest BCUT2D eigenvalue weighted by Crippen LogP contribution is -2.29. The number of nitrogens with one attached hydrogen (secondary N) is 1. The normalized spacial score (nSPS) is 20.8. The highest BCUT2D eigenvalue weighted by Gasteiger charge is 2.43. The van der Waals surface area contributed by atoms with E-state index in [1.807, 2.05) is 36.5 Å². The maximum Gasteiger partial charge on any atom is 0.174 e. The first kappa shape index (κ1) is 20.3. The van der Waals surface area contributed by atoms with Crippen LogP contribution in [0.25, 0.3) is 0 Å². The summed E-state index contributed by atoms with van der Waals surface area (Å²) in [6.45, 7) is 4.41. The summed E-state index contributed by atoms with van der Waals surface area (Å²) in [5, 5.41) is 4.75. The second-order valence-corrected chi connectivity index (χ2v) is 9.04. The summed E-state index contributed by atoms with van der Waals surface area (Å²) < 4.78 is 7.83. The molecule has 0 spiro atoms. The van der Waals surface area contributed by atoms with Gasteiger partial charge in [-0.25, -0.2) is 0 Å². The van der Waals surface area contributed by atoms with Gasteiger partial charge < -0.3 is 19.5 Å². The number of rotatable bonds is 5. The third-order valence-electron chi connectivity index (χ3n) is 6.27. The van der Waals surface area contributed by atoms with E-state index < -0.39 is 0 Å². The fourth-order valence-electron chi connectivity index (χ4n) is 4.75. The van der Waals surface area contributed by atoms with Crippen molar-refractivity contribution in [3.8, 4) is 5.75 Å². The molecule has 5 rings (SSSR count). The molecule has 5 nitrogen and oxygen atoms in total. The highest BCUT2D eigenvalue weighted by Crippen LogP contribution is 2.46. The molecule has 2 atom stereocenters. The fourth-order valence-corrected chi connectivity index (χ4v) is 5.35. The van der Waals surface area contributed by atoms with E-state index in [4.69, 9.17) is 28.6 Å². The first-order chi connectivity index (χ1) is 15.0. The van der Waals surface area contributed by atoms with Gasteiger partial charge in [-0.1, -0.05) is 17.7 Å². The Labute approximate surface area is 193 Å². The van der Waals surface area contributed by atoms with E-state index in [1.165, 1.54) is 29.8 Å². The maximum atomic E-state index is 6.48. The highest BCUT2D eigenvalue weighted by molar-refractivity contribution is 7.80. The zero-order valence-corrected chi connectivity index (χ0v) is 19.4. The van der Waals surface area contributed by atoms with Crippen molar-refractivity contribution >= 4 is 34.6 Å². The topological polar surface area (TPSA) is 42.3 Å². The molecule has 1 saturated carbocycles. The van der Waals surface area contributed by atoms with Crippen molar-refractivity contribution in [2.75, 3.05) is 12.0 Å². The Morgan fingerprint density at radius 3 is 2.61 bits per heavy atom. The molecular formula is C24H25ClN4OS. The van der Waals surface area contributed by atoms with Gasteiger partial charge in [0.05, 0.1) is 29.9 Å². The van der Waals surface area contributed by atoms with Crippen LogP contribution in [0.4, 0.5) is 5.69 Å². The number of benzene rings is 1. The predicted octanol–water partition coefficient (Wildman–Crippen LogP) is 5.67. The van der Waals surface area contributed by atoms with Crippen molar-refractivity contribution in [3.05, 3.63) is 76.3 Å². The molecule has 0 radical (unpaired) electrons. The number of thiocarbonyl (C=S) groups is 1. The molecule has 3 heterocycles. The average molecular weight is 453 g/mol. The zero-order valence-electron chi connectivity index (χ0n) is 17.8. The van der Waals surface area contributed by atoms with E-state index in [0.717, 1.165) is 11.4 Å². The largest absolute Gasteiger partial charge is 0.495 e. The molecule has 1 aliphatic heterocycles. The number of anilines is 1. The molecule has 1 N–H and O–H groups in total.